The lowest BCUT2D eigenvalue weighted by atomic mass is 10.1. The van der Waals surface area contributed by atoms with Crippen LogP contribution in [0.5, 0.6) is 0 Å². The van der Waals surface area contributed by atoms with Crippen LogP contribution in [-0.2, 0) is 0 Å². The fraction of sp³-hybridized carbons (Fsp3) is 0.0714. The monoisotopic (exact) mass is 339 g/mol. The topological polar surface area (TPSA) is 29.1 Å². The number of rotatable bonds is 2. The summed E-state index contributed by atoms with van der Waals surface area (Å²) in [6, 6.07) is 9.44. The molecule has 2 rings (SSSR count). The molecule has 0 saturated carbocycles. The van der Waals surface area contributed by atoms with Gasteiger partial charge in [-0.2, -0.15) is 0 Å². The quantitative estimate of drug-likeness (QED) is 0.778. The number of hydrogen-bond acceptors (Lipinski definition) is 2. The van der Waals surface area contributed by atoms with Crippen LogP contribution in [0.15, 0.2) is 45.8 Å². The summed E-state index contributed by atoms with van der Waals surface area (Å²) in [5.74, 6) is -0.696. The fourth-order valence-corrected chi connectivity index (χ4v) is 2.19. The van der Waals surface area contributed by atoms with E-state index in [1.807, 2.05) is 19.1 Å². The van der Waals surface area contributed by atoms with E-state index in [-0.39, 0.29) is 5.91 Å². The van der Waals surface area contributed by atoms with E-state index in [1.54, 1.807) is 12.1 Å². The molecule has 2 aromatic rings. The summed E-state index contributed by atoms with van der Waals surface area (Å²) in [7, 11) is 0. The molecule has 0 aliphatic carbocycles. The van der Waals surface area contributed by atoms with Crippen molar-refractivity contribution in [1.82, 2.24) is 0 Å². The van der Waals surface area contributed by atoms with E-state index in [0.29, 0.717) is 20.6 Å². The van der Waals surface area contributed by atoms with Gasteiger partial charge in [-0.1, -0.05) is 6.07 Å². The number of halogens is 2. The Morgan fingerprint density at radius 3 is 2.74 bits per heavy atom. The minimum absolute atomic E-state index is 0.292. The average molecular weight is 340 g/mol. The first-order chi connectivity index (χ1) is 8.97. The largest absolute Gasteiger partial charge is 0.321 e. The molecule has 98 valence electrons. The van der Waals surface area contributed by atoms with E-state index in [2.05, 4.69) is 33.9 Å². The Morgan fingerprint density at radius 1 is 1.26 bits per heavy atom. The Hall–Kier alpha value is -1.33. The van der Waals surface area contributed by atoms with E-state index in [0.717, 1.165) is 5.56 Å². The van der Waals surface area contributed by atoms with Crippen LogP contribution in [0.3, 0.4) is 0 Å². The standard InChI is InChI=1S/C14H11BrFNOS/c1-8-2-4-10(19)7-11(8)14(18)17-13-6-9(16)3-5-12(13)15/h2-7,19H,1H3,(H,17,18). The lowest BCUT2D eigenvalue weighted by Gasteiger charge is -2.10. The molecule has 19 heavy (non-hydrogen) atoms. The third kappa shape index (κ3) is 3.36. The van der Waals surface area contributed by atoms with Crippen molar-refractivity contribution in [2.45, 2.75) is 11.8 Å². The maximum atomic E-state index is 13.2. The maximum absolute atomic E-state index is 13.2. The van der Waals surface area contributed by atoms with Crippen LogP contribution in [0.25, 0.3) is 0 Å². The molecule has 0 radical (unpaired) electrons. The van der Waals surface area contributed by atoms with Crippen LogP contribution in [0, 0.1) is 12.7 Å². The Morgan fingerprint density at radius 2 is 2.00 bits per heavy atom. The number of aryl methyl sites for hydroxylation is 1. The van der Waals surface area contributed by atoms with Crippen LogP contribution in [0.1, 0.15) is 15.9 Å². The summed E-state index contributed by atoms with van der Waals surface area (Å²) in [5.41, 5.74) is 1.75. The van der Waals surface area contributed by atoms with Crippen molar-refractivity contribution >= 4 is 40.2 Å². The van der Waals surface area contributed by atoms with Crippen molar-refractivity contribution in [3.8, 4) is 0 Å². The minimum atomic E-state index is -0.404. The summed E-state index contributed by atoms with van der Waals surface area (Å²) in [5, 5.41) is 2.68. The van der Waals surface area contributed by atoms with Crippen LogP contribution < -0.4 is 5.32 Å². The predicted octanol–water partition coefficient (Wildman–Crippen LogP) is 4.44. The minimum Gasteiger partial charge on any atom is -0.321 e. The highest BCUT2D eigenvalue weighted by Gasteiger charge is 2.11. The molecule has 0 fully saturated rings. The van der Waals surface area contributed by atoms with Crippen molar-refractivity contribution in [3.05, 3.63) is 57.8 Å². The number of nitrogens with one attached hydrogen (secondary N) is 1. The van der Waals surface area contributed by atoms with Crippen LogP contribution in [0.2, 0.25) is 0 Å². The molecular weight excluding hydrogens is 329 g/mol. The van der Waals surface area contributed by atoms with Gasteiger partial charge in [0.1, 0.15) is 5.82 Å². The highest BCUT2D eigenvalue weighted by molar-refractivity contribution is 9.10. The zero-order chi connectivity index (χ0) is 14.0. The zero-order valence-electron chi connectivity index (χ0n) is 10.1. The second-order valence-electron chi connectivity index (χ2n) is 4.08. The molecule has 0 saturated heterocycles. The first kappa shape index (κ1) is 14.1. The average Bonchev–Trinajstić information content (AvgIpc) is 2.36. The second kappa shape index (κ2) is 5.75. The van der Waals surface area contributed by atoms with E-state index in [4.69, 9.17) is 0 Å². The van der Waals surface area contributed by atoms with Crippen molar-refractivity contribution in [2.75, 3.05) is 5.32 Å². The van der Waals surface area contributed by atoms with Gasteiger partial charge in [-0.05, 0) is 58.7 Å². The number of anilines is 1. The molecule has 0 aliphatic rings. The van der Waals surface area contributed by atoms with Gasteiger partial charge in [0.2, 0.25) is 0 Å². The fourth-order valence-electron chi connectivity index (χ4n) is 1.64. The number of carbonyl (C=O) groups excluding carboxylic acids is 1. The van der Waals surface area contributed by atoms with Gasteiger partial charge in [0.05, 0.1) is 5.69 Å². The Balaban J connectivity index is 2.30. The molecule has 5 heteroatoms. The first-order valence-electron chi connectivity index (χ1n) is 5.53. The first-order valence-corrected chi connectivity index (χ1v) is 6.77. The van der Waals surface area contributed by atoms with Crippen molar-refractivity contribution in [2.24, 2.45) is 0 Å². The molecule has 0 atom stereocenters. The van der Waals surface area contributed by atoms with Gasteiger partial charge in [0, 0.05) is 14.9 Å². The van der Waals surface area contributed by atoms with Crippen LogP contribution >= 0.6 is 28.6 Å². The van der Waals surface area contributed by atoms with Gasteiger partial charge in [0.25, 0.3) is 5.91 Å². The number of hydrogen-bond donors (Lipinski definition) is 2. The number of benzene rings is 2. The summed E-state index contributed by atoms with van der Waals surface area (Å²) in [6.07, 6.45) is 0. The molecular formula is C14H11BrFNOS. The van der Waals surface area contributed by atoms with E-state index < -0.39 is 5.82 Å². The molecule has 0 unspecified atom stereocenters. The van der Waals surface area contributed by atoms with E-state index in [1.165, 1.54) is 12.1 Å². The Kier molecular flexibility index (Phi) is 4.27. The third-order valence-corrected chi connectivity index (χ3v) is 3.61. The van der Waals surface area contributed by atoms with Gasteiger partial charge in [0.15, 0.2) is 0 Å². The second-order valence-corrected chi connectivity index (χ2v) is 5.45. The normalized spacial score (nSPS) is 10.3. The smallest absolute Gasteiger partial charge is 0.256 e. The van der Waals surface area contributed by atoms with Crippen LogP contribution in [0.4, 0.5) is 10.1 Å². The third-order valence-electron chi connectivity index (χ3n) is 2.64. The zero-order valence-corrected chi connectivity index (χ0v) is 12.6. The highest BCUT2D eigenvalue weighted by Crippen LogP contribution is 2.24. The SMILES string of the molecule is Cc1ccc(S)cc1C(=O)Nc1cc(F)ccc1Br. The Bertz CT molecular complexity index is 645. The highest BCUT2D eigenvalue weighted by atomic mass is 79.9. The van der Waals surface area contributed by atoms with Gasteiger partial charge >= 0.3 is 0 Å². The van der Waals surface area contributed by atoms with Crippen molar-refractivity contribution in [1.29, 1.82) is 0 Å². The molecule has 0 spiro atoms. The molecule has 1 N–H and O–H groups in total. The molecule has 0 heterocycles. The molecule has 0 aliphatic heterocycles. The van der Waals surface area contributed by atoms with Crippen molar-refractivity contribution in [3.63, 3.8) is 0 Å². The number of amides is 1. The van der Waals surface area contributed by atoms with E-state index >= 15 is 0 Å². The van der Waals surface area contributed by atoms with Gasteiger partial charge in [-0.3, -0.25) is 4.79 Å². The maximum Gasteiger partial charge on any atom is 0.256 e. The molecule has 1 amide bonds. The van der Waals surface area contributed by atoms with Gasteiger partial charge < -0.3 is 5.32 Å². The molecule has 0 bridgehead atoms. The van der Waals surface area contributed by atoms with Gasteiger partial charge in [-0.25, -0.2) is 4.39 Å². The summed E-state index contributed by atoms with van der Waals surface area (Å²) in [6.45, 7) is 1.84. The summed E-state index contributed by atoms with van der Waals surface area (Å²) < 4.78 is 13.8. The summed E-state index contributed by atoms with van der Waals surface area (Å²) in [4.78, 5) is 12.9. The lowest BCUT2D eigenvalue weighted by Crippen LogP contribution is -2.14. The number of carbonyl (C=O) groups is 1. The van der Waals surface area contributed by atoms with Crippen molar-refractivity contribution < 1.29 is 9.18 Å². The predicted molar refractivity (Wildman–Crippen MR) is 80.5 cm³/mol. The van der Waals surface area contributed by atoms with E-state index in [9.17, 15) is 9.18 Å². The molecule has 2 aromatic carbocycles. The molecule has 0 aromatic heterocycles. The van der Waals surface area contributed by atoms with Crippen LogP contribution in [-0.4, -0.2) is 5.91 Å². The molecule has 2 nitrogen and oxygen atoms in total. The Labute approximate surface area is 124 Å². The lowest BCUT2D eigenvalue weighted by molar-refractivity contribution is 0.102. The summed E-state index contributed by atoms with van der Waals surface area (Å²) >= 11 is 7.48. The number of thiol groups is 1. The van der Waals surface area contributed by atoms with Gasteiger partial charge in [-0.15, -0.1) is 12.6 Å².